The molecule has 0 unspecified atom stereocenters. The van der Waals surface area contributed by atoms with Crippen LogP contribution < -0.4 is 5.32 Å². The molecule has 1 heterocycles. The highest BCUT2D eigenvalue weighted by molar-refractivity contribution is 7.99. The van der Waals surface area contributed by atoms with Crippen LogP contribution in [-0.4, -0.2) is 20.7 Å². The first-order valence-corrected chi connectivity index (χ1v) is 8.29. The second-order valence-corrected chi connectivity index (χ2v) is 6.75. The molecule has 1 N–H and O–H groups in total. The average Bonchev–Trinajstić information content (AvgIpc) is 3.20. The zero-order valence-electron chi connectivity index (χ0n) is 12.8. The van der Waals surface area contributed by atoms with Crippen LogP contribution in [0.4, 0.5) is 5.69 Å². The fourth-order valence-electron chi connectivity index (χ4n) is 2.70. The van der Waals surface area contributed by atoms with Crippen molar-refractivity contribution in [3.05, 3.63) is 30.6 Å². The van der Waals surface area contributed by atoms with Gasteiger partial charge < -0.3 is 9.88 Å². The van der Waals surface area contributed by atoms with Gasteiger partial charge in [0.15, 0.2) is 5.16 Å². The number of benzene rings is 1. The summed E-state index contributed by atoms with van der Waals surface area (Å²) in [7, 11) is 1.89. The highest BCUT2D eigenvalue weighted by Gasteiger charge is 2.41. The molecular weight excluding hydrogens is 310 g/mol. The largest absolute Gasteiger partial charge is 0.325 e. The average molecular weight is 327 g/mol. The van der Waals surface area contributed by atoms with Crippen molar-refractivity contribution in [3.63, 3.8) is 0 Å². The van der Waals surface area contributed by atoms with Crippen LogP contribution >= 0.6 is 11.8 Å². The van der Waals surface area contributed by atoms with Crippen LogP contribution in [0.3, 0.4) is 0 Å². The third kappa shape index (κ3) is 3.22. The minimum Gasteiger partial charge on any atom is -0.325 e. The molecule has 1 amide bonds. The first-order valence-electron chi connectivity index (χ1n) is 7.48. The van der Waals surface area contributed by atoms with Crippen molar-refractivity contribution >= 4 is 23.4 Å². The number of nitriles is 1. The Hall–Kier alpha value is -2.33. The van der Waals surface area contributed by atoms with Gasteiger partial charge in [0, 0.05) is 17.6 Å². The summed E-state index contributed by atoms with van der Waals surface area (Å²) in [6.07, 6.45) is 4.83. The summed E-state index contributed by atoms with van der Waals surface area (Å²) in [5.74, 6) is -0.189. The lowest BCUT2D eigenvalue weighted by Crippen LogP contribution is -2.32. The second kappa shape index (κ2) is 6.42. The minimum atomic E-state index is -0.855. The predicted octanol–water partition coefficient (Wildman–Crippen LogP) is 2.99. The van der Waals surface area contributed by atoms with Gasteiger partial charge in [-0.05, 0) is 48.9 Å². The molecule has 0 saturated heterocycles. The van der Waals surface area contributed by atoms with E-state index >= 15 is 0 Å². The molecular formula is C16H17N5OS. The van der Waals surface area contributed by atoms with Crippen LogP contribution in [0, 0.1) is 16.7 Å². The number of carbonyl (C=O) groups is 1. The van der Waals surface area contributed by atoms with E-state index < -0.39 is 5.41 Å². The molecule has 0 bridgehead atoms. The Morgan fingerprint density at radius 1 is 1.35 bits per heavy atom. The minimum absolute atomic E-state index is 0.189. The lowest BCUT2D eigenvalue weighted by atomic mass is 9.87. The molecule has 3 rings (SSSR count). The van der Waals surface area contributed by atoms with Gasteiger partial charge in [0.2, 0.25) is 5.91 Å². The number of rotatable bonds is 4. The summed E-state index contributed by atoms with van der Waals surface area (Å²) in [5.41, 5.74) is -0.148. The Morgan fingerprint density at radius 3 is 2.61 bits per heavy atom. The molecule has 0 radical (unpaired) electrons. The van der Waals surface area contributed by atoms with Gasteiger partial charge in [-0.15, -0.1) is 10.2 Å². The van der Waals surface area contributed by atoms with Crippen LogP contribution in [-0.2, 0) is 11.8 Å². The van der Waals surface area contributed by atoms with Crippen LogP contribution in [0.5, 0.6) is 0 Å². The van der Waals surface area contributed by atoms with Crippen LogP contribution in [0.1, 0.15) is 25.7 Å². The molecule has 0 aliphatic heterocycles. The maximum Gasteiger partial charge on any atom is 0.244 e. The molecule has 1 aliphatic carbocycles. The lowest BCUT2D eigenvalue weighted by molar-refractivity contribution is -0.122. The van der Waals surface area contributed by atoms with Crippen molar-refractivity contribution in [1.29, 1.82) is 5.26 Å². The molecule has 6 nitrogen and oxygen atoms in total. The van der Waals surface area contributed by atoms with Gasteiger partial charge in [-0.3, -0.25) is 4.79 Å². The van der Waals surface area contributed by atoms with E-state index in [1.54, 1.807) is 6.33 Å². The number of aromatic nitrogens is 3. The summed E-state index contributed by atoms with van der Waals surface area (Å²) in [5, 5.41) is 20.9. The predicted molar refractivity (Wildman–Crippen MR) is 86.7 cm³/mol. The van der Waals surface area contributed by atoms with Crippen LogP contribution in [0.25, 0.3) is 0 Å². The number of amides is 1. The number of anilines is 1. The molecule has 1 fully saturated rings. The molecule has 118 valence electrons. The van der Waals surface area contributed by atoms with E-state index in [-0.39, 0.29) is 5.91 Å². The fraction of sp³-hybridized carbons (Fsp3) is 0.375. The number of hydrogen-bond acceptors (Lipinski definition) is 5. The van der Waals surface area contributed by atoms with Gasteiger partial charge >= 0.3 is 0 Å². The molecule has 7 heteroatoms. The number of hydrogen-bond donors (Lipinski definition) is 1. The second-order valence-electron chi connectivity index (χ2n) is 5.71. The quantitative estimate of drug-likeness (QED) is 0.933. The Balaban J connectivity index is 1.67. The topological polar surface area (TPSA) is 83.6 Å². The zero-order valence-corrected chi connectivity index (χ0v) is 13.6. The van der Waals surface area contributed by atoms with Gasteiger partial charge in [0.1, 0.15) is 11.7 Å². The van der Waals surface area contributed by atoms with Crippen molar-refractivity contribution in [1.82, 2.24) is 14.8 Å². The van der Waals surface area contributed by atoms with Crippen molar-refractivity contribution < 1.29 is 4.79 Å². The summed E-state index contributed by atoms with van der Waals surface area (Å²) >= 11 is 1.50. The zero-order chi connectivity index (χ0) is 16.3. The summed E-state index contributed by atoms with van der Waals surface area (Å²) < 4.78 is 1.84. The molecule has 1 aliphatic rings. The summed E-state index contributed by atoms with van der Waals surface area (Å²) in [6, 6.07) is 9.74. The van der Waals surface area contributed by atoms with Crippen LogP contribution in [0.2, 0.25) is 0 Å². The van der Waals surface area contributed by atoms with Crippen molar-refractivity contribution in [2.24, 2.45) is 12.5 Å². The fourth-order valence-corrected chi connectivity index (χ4v) is 3.46. The van der Waals surface area contributed by atoms with Crippen molar-refractivity contribution in [2.75, 3.05) is 5.32 Å². The highest BCUT2D eigenvalue weighted by Crippen LogP contribution is 2.38. The number of nitrogens with zero attached hydrogens (tertiary/aromatic N) is 4. The SMILES string of the molecule is Cn1cnnc1Sc1ccc(NC(=O)C2(C#N)CCCC2)cc1. The van der Waals surface area contributed by atoms with Gasteiger partial charge in [-0.2, -0.15) is 5.26 Å². The monoisotopic (exact) mass is 327 g/mol. The Kier molecular flexibility index (Phi) is 4.35. The first-order chi connectivity index (χ1) is 11.1. The third-order valence-corrected chi connectivity index (χ3v) is 5.16. The van der Waals surface area contributed by atoms with E-state index in [0.717, 1.165) is 22.9 Å². The van der Waals surface area contributed by atoms with Crippen molar-refractivity contribution in [2.45, 2.75) is 35.7 Å². The van der Waals surface area contributed by atoms with Crippen molar-refractivity contribution in [3.8, 4) is 6.07 Å². The lowest BCUT2D eigenvalue weighted by Gasteiger charge is -2.19. The number of carbonyl (C=O) groups excluding carboxylic acids is 1. The van der Waals surface area contributed by atoms with E-state index in [9.17, 15) is 10.1 Å². The third-order valence-electron chi connectivity index (χ3n) is 4.10. The molecule has 2 aromatic rings. The number of nitrogens with one attached hydrogen (secondary N) is 1. The molecule has 1 aromatic carbocycles. The van der Waals surface area contributed by atoms with E-state index in [1.165, 1.54) is 11.8 Å². The Bertz CT molecular complexity index is 741. The Labute approximate surface area is 138 Å². The van der Waals surface area contributed by atoms with Gasteiger partial charge in [0.05, 0.1) is 6.07 Å². The standard InChI is InChI=1S/C16H17N5OS/c1-21-11-18-20-15(21)23-13-6-4-12(5-7-13)19-14(22)16(10-17)8-2-3-9-16/h4-7,11H,2-3,8-9H2,1H3,(H,19,22). The van der Waals surface area contributed by atoms with E-state index in [2.05, 4.69) is 21.6 Å². The molecule has 23 heavy (non-hydrogen) atoms. The van der Waals surface area contributed by atoms with Gasteiger partial charge in [-0.1, -0.05) is 12.8 Å². The van der Waals surface area contributed by atoms with E-state index in [0.29, 0.717) is 18.5 Å². The van der Waals surface area contributed by atoms with Crippen LogP contribution in [0.15, 0.2) is 40.6 Å². The smallest absolute Gasteiger partial charge is 0.244 e. The van der Waals surface area contributed by atoms with Gasteiger partial charge in [-0.25, -0.2) is 0 Å². The van der Waals surface area contributed by atoms with E-state index in [4.69, 9.17) is 0 Å². The summed E-state index contributed by atoms with van der Waals surface area (Å²) in [4.78, 5) is 13.4. The molecule has 0 spiro atoms. The Morgan fingerprint density at radius 2 is 2.04 bits per heavy atom. The first kappa shape index (κ1) is 15.6. The highest BCUT2D eigenvalue weighted by atomic mass is 32.2. The van der Waals surface area contributed by atoms with E-state index in [1.807, 2.05) is 35.9 Å². The maximum atomic E-state index is 12.4. The molecule has 1 saturated carbocycles. The molecule has 0 atom stereocenters. The summed E-state index contributed by atoms with van der Waals surface area (Å²) in [6.45, 7) is 0. The normalized spacial score (nSPS) is 16.0. The maximum absolute atomic E-state index is 12.4. The van der Waals surface area contributed by atoms with Gasteiger partial charge in [0.25, 0.3) is 0 Å². The molecule has 1 aromatic heterocycles. The number of aryl methyl sites for hydroxylation is 1.